The molecule has 3 rings (SSSR count). The Morgan fingerprint density at radius 2 is 1.56 bits per heavy atom. The van der Waals surface area contributed by atoms with Gasteiger partial charge in [0.15, 0.2) is 17.2 Å². The number of ether oxygens (including phenoxy) is 1. The third kappa shape index (κ3) is 5.22. The van der Waals surface area contributed by atoms with Crippen LogP contribution >= 0.6 is 0 Å². The zero-order chi connectivity index (χ0) is 23.1. The fourth-order valence-corrected chi connectivity index (χ4v) is 3.25. The third-order valence-electron chi connectivity index (χ3n) is 4.85. The normalized spacial score (nSPS) is 11.8. The second-order valence-corrected chi connectivity index (χ2v) is 7.09. The molecule has 0 saturated heterocycles. The van der Waals surface area contributed by atoms with Crippen molar-refractivity contribution in [1.82, 2.24) is 15.4 Å². The Labute approximate surface area is 186 Å². The number of carbonyl (C=O) groups excluding carboxylic acids is 2. The first-order valence-corrected chi connectivity index (χ1v) is 9.99. The number of aromatic hydroxyl groups is 1. The average Bonchev–Trinajstić information content (AvgIpc) is 2.80. The summed E-state index contributed by atoms with van der Waals surface area (Å²) >= 11 is 0. The standard InChI is InChI=1S/C24H25N3O5/c1-16(26-23(29)20-22(28)19(31-3)14-15-25-20)24(30)32-27(2)21(17-10-6-4-7-11-17)18-12-8-5-9-13-18/h4-16,21,28H,1-3H3,(H,26,29)/t16-/m0/s1. The van der Waals surface area contributed by atoms with Gasteiger partial charge in [-0.2, -0.15) is 0 Å². The first kappa shape index (κ1) is 22.8. The minimum Gasteiger partial charge on any atom is -0.503 e. The lowest BCUT2D eigenvalue weighted by atomic mass is 9.99. The van der Waals surface area contributed by atoms with Crippen LogP contribution in [-0.2, 0) is 9.63 Å². The van der Waals surface area contributed by atoms with Gasteiger partial charge in [-0.25, -0.2) is 9.78 Å². The molecule has 0 aliphatic carbocycles. The Morgan fingerprint density at radius 1 is 1.00 bits per heavy atom. The van der Waals surface area contributed by atoms with Crippen molar-refractivity contribution in [3.8, 4) is 11.5 Å². The molecule has 0 saturated carbocycles. The topological polar surface area (TPSA) is 101 Å². The van der Waals surface area contributed by atoms with Gasteiger partial charge in [-0.05, 0) is 18.1 Å². The summed E-state index contributed by atoms with van der Waals surface area (Å²) in [5.74, 6) is -1.69. The first-order chi connectivity index (χ1) is 15.4. The van der Waals surface area contributed by atoms with Gasteiger partial charge in [-0.1, -0.05) is 60.7 Å². The molecule has 32 heavy (non-hydrogen) atoms. The number of nitrogens with one attached hydrogen (secondary N) is 1. The molecule has 0 spiro atoms. The molecule has 2 aromatic carbocycles. The van der Waals surface area contributed by atoms with Crippen LogP contribution in [0.2, 0.25) is 0 Å². The maximum Gasteiger partial charge on any atom is 0.347 e. The van der Waals surface area contributed by atoms with E-state index in [1.165, 1.54) is 31.4 Å². The van der Waals surface area contributed by atoms with Crippen molar-refractivity contribution < 1.29 is 24.3 Å². The summed E-state index contributed by atoms with van der Waals surface area (Å²) in [6.45, 7) is 1.49. The minimum atomic E-state index is -0.996. The van der Waals surface area contributed by atoms with Crippen molar-refractivity contribution >= 4 is 11.9 Å². The fraction of sp³-hybridized carbons (Fsp3) is 0.208. The van der Waals surface area contributed by atoms with Crippen molar-refractivity contribution in [1.29, 1.82) is 0 Å². The third-order valence-corrected chi connectivity index (χ3v) is 4.85. The predicted octanol–water partition coefficient (Wildman–Crippen LogP) is 3.09. The lowest BCUT2D eigenvalue weighted by Crippen LogP contribution is -2.42. The molecule has 1 amide bonds. The summed E-state index contributed by atoms with van der Waals surface area (Å²) in [5.41, 5.74) is 1.64. The Balaban J connectivity index is 1.72. The molecule has 0 bridgehead atoms. The van der Waals surface area contributed by atoms with Crippen LogP contribution in [0.1, 0.15) is 34.6 Å². The van der Waals surface area contributed by atoms with E-state index in [0.29, 0.717) is 0 Å². The second kappa shape index (κ2) is 10.4. The van der Waals surface area contributed by atoms with Crippen LogP contribution in [0.15, 0.2) is 72.9 Å². The van der Waals surface area contributed by atoms with Crippen molar-refractivity contribution in [3.05, 3.63) is 89.7 Å². The largest absolute Gasteiger partial charge is 0.503 e. The molecular weight excluding hydrogens is 410 g/mol. The molecular formula is C24H25N3O5. The van der Waals surface area contributed by atoms with Gasteiger partial charge in [-0.15, -0.1) is 5.06 Å². The number of benzene rings is 2. The number of hydroxylamine groups is 2. The highest BCUT2D eigenvalue weighted by molar-refractivity contribution is 5.97. The molecule has 166 valence electrons. The number of pyridine rings is 1. The lowest BCUT2D eigenvalue weighted by Gasteiger charge is -2.28. The summed E-state index contributed by atoms with van der Waals surface area (Å²) in [4.78, 5) is 34.6. The molecule has 8 nitrogen and oxygen atoms in total. The number of rotatable bonds is 8. The number of aromatic nitrogens is 1. The zero-order valence-electron chi connectivity index (χ0n) is 18.1. The van der Waals surface area contributed by atoms with Crippen molar-refractivity contribution in [3.63, 3.8) is 0 Å². The monoisotopic (exact) mass is 435 g/mol. The van der Waals surface area contributed by atoms with Gasteiger partial charge in [0, 0.05) is 19.3 Å². The highest BCUT2D eigenvalue weighted by atomic mass is 16.7. The van der Waals surface area contributed by atoms with E-state index in [0.717, 1.165) is 11.1 Å². The van der Waals surface area contributed by atoms with Crippen molar-refractivity contribution in [2.75, 3.05) is 14.2 Å². The van der Waals surface area contributed by atoms with Gasteiger partial charge in [-0.3, -0.25) is 4.79 Å². The number of hydrogen-bond acceptors (Lipinski definition) is 7. The van der Waals surface area contributed by atoms with E-state index in [2.05, 4.69) is 10.3 Å². The SMILES string of the molecule is COc1ccnc(C(=O)N[C@@H](C)C(=O)ON(C)C(c2ccccc2)c2ccccc2)c1O. The number of nitrogens with zero attached hydrogens (tertiary/aromatic N) is 2. The average molecular weight is 435 g/mol. The molecule has 0 radical (unpaired) electrons. The highest BCUT2D eigenvalue weighted by Crippen LogP contribution is 2.29. The molecule has 3 aromatic rings. The molecule has 1 aromatic heterocycles. The lowest BCUT2D eigenvalue weighted by molar-refractivity contribution is -0.193. The molecule has 0 aliphatic heterocycles. The number of hydrogen-bond donors (Lipinski definition) is 2. The van der Waals surface area contributed by atoms with E-state index in [4.69, 9.17) is 9.57 Å². The maximum atomic E-state index is 12.7. The molecule has 0 aliphatic rings. The molecule has 0 unspecified atom stereocenters. The van der Waals surface area contributed by atoms with E-state index in [1.807, 2.05) is 60.7 Å². The van der Waals surface area contributed by atoms with E-state index in [1.54, 1.807) is 7.05 Å². The number of carbonyl (C=O) groups is 2. The molecule has 1 atom stereocenters. The quantitative estimate of drug-likeness (QED) is 0.524. The van der Waals surface area contributed by atoms with Crippen LogP contribution in [0.3, 0.4) is 0 Å². The Hall–Kier alpha value is -3.91. The van der Waals surface area contributed by atoms with Gasteiger partial charge < -0.3 is 20.0 Å². The summed E-state index contributed by atoms with van der Waals surface area (Å²) in [6.07, 6.45) is 1.33. The van der Waals surface area contributed by atoms with Gasteiger partial charge >= 0.3 is 5.97 Å². The van der Waals surface area contributed by atoms with Crippen LogP contribution in [0.4, 0.5) is 0 Å². The minimum absolute atomic E-state index is 0.105. The highest BCUT2D eigenvalue weighted by Gasteiger charge is 2.27. The van der Waals surface area contributed by atoms with E-state index >= 15 is 0 Å². The Kier molecular flexibility index (Phi) is 7.41. The summed E-state index contributed by atoms with van der Waals surface area (Å²) in [6, 6.07) is 19.4. The van der Waals surface area contributed by atoms with E-state index in [9.17, 15) is 14.7 Å². The van der Waals surface area contributed by atoms with Crippen molar-refractivity contribution in [2.24, 2.45) is 0 Å². The van der Waals surface area contributed by atoms with Crippen LogP contribution in [0.25, 0.3) is 0 Å². The predicted molar refractivity (Wildman–Crippen MR) is 118 cm³/mol. The van der Waals surface area contributed by atoms with Gasteiger partial charge in [0.1, 0.15) is 6.04 Å². The number of methoxy groups -OCH3 is 1. The van der Waals surface area contributed by atoms with Crippen LogP contribution < -0.4 is 10.1 Å². The van der Waals surface area contributed by atoms with Gasteiger partial charge in [0.2, 0.25) is 0 Å². The van der Waals surface area contributed by atoms with E-state index < -0.39 is 23.7 Å². The molecule has 2 N–H and O–H groups in total. The van der Waals surface area contributed by atoms with Crippen LogP contribution in [0.5, 0.6) is 11.5 Å². The zero-order valence-corrected chi connectivity index (χ0v) is 18.1. The maximum absolute atomic E-state index is 12.7. The number of amides is 1. The van der Waals surface area contributed by atoms with Crippen LogP contribution in [-0.4, -0.2) is 47.2 Å². The molecule has 8 heteroatoms. The summed E-state index contributed by atoms with van der Waals surface area (Å²) in [5, 5.41) is 14.1. The Bertz CT molecular complexity index is 1020. The molecule has 0 fully saturated rings. The van der Waals surface area contributed by atoms with Gasteiger partial charge in [0.05, 0.1) is 13.2 Å². The Morgan fingerprint density at radius 3 is 2.09 bits per heavy atom. The summed E-state index contributed by atoms with van der Waals surface area (Å²) in [7, 11) is 3.02. The molecule has 1 heterocycles. The fourth-order valence-electron chi connectivity index (χ4n) is 3.25. The summed E-state index contributed by atoms with van der Waals surface area (Å²) < 4.78 is 4.98. The van der Waals surface area contributed by atoms with Gasteiger partial charge in [0.25, 0.3) is 5.91 Å². The van der Waals surface area contributed by atoms with Crippen molar-refractivity contribution in [2.45, 2.75) is 19.0 Å². The van der Waals surface area contributed by atoms with E-state index in [-0.39, 0.29) is 17.5 Å². The smallest absolute Gasteiger partial charge is 0.347 e. The first-order valence-electron chi connectivity index (χ1n) is 9.99. The second-order valence-electron chi connectivity index (χ2n) is 7.09. The van der Waals surface area contributed by atoms with Crippen LogP contribution in [0, 0.1) is 0 Å².